The van der Waals surface area contributed by atoms with E-state index in [1.54, 1.807) is 0 Å². The van der Waals surface area contributed by atoms with Gasteiger partial charge in [0.25, 0.3) is 5.91 Å². The average Bonchev–Trinajstić information content (AvgIpc) is 3.43. The van der Waals surface area contributed by atoms with E-state index in [9.17, 15) is 14.4 Å². The maximum Gasteiger partial charge on any atom is 0.272 e. The molecule has 7 heteroatoms. The van der Waals surface area contributed by atoms with Crippen LogP contribution >= 0.6 is 0 Å². The van der Waals surface area contributed by atoms with E-state index in [4.69, 9.17) is 0 Å². The van der Waals surface area contributed by atoms with E-state index in [1.165, 1.54) is 37.9 Å². The van der Waals surface area contributed by atoms with Crippen LogP contribution in [-0.2, 0) is 9.59 Å². The number of amides is 2. The summed E-state index contributed by atoms with van der Waals surface area (Å²) in [5.41, 5.74) is -0.215. The van der Waals surface area contributed by atoms with E-state index in [0.717, 1.165) is 44.9 Å². The van der Waals surface area contributed by atoms with Gasteiger partial charge in [0.2, 0.25) is 5.91 Å². The van der Waals surface area contributed by atoms with Crippen LogP contribution in [0.15, 0.2) is 18.6 Å². The molecule has 3 saturated carbocycles. The van der Waals surface area contributed by atoms with Gasteiger partial charge < -0.3 is 10.6 Å². The second-order valence-electron chi connectivity index (χ2n) is 11.8. The fourth-order valence-electron chi connectivity index (χ4n) is 6.47. The van der Waals surface area contributed by atoms with Crippen molar-refractivity contribution in [3.63, 3.8) is 0 Å². The Kier molecular flexibility index (Phi) is 7.68. The monoisotopic (exact) mass is 468 g/mol. The zero-order valence-corrected chi connectivity index (χ0v) is 20.9. The van der Waals surface area contributed by atoms with Gasteiger partial charge >= 0.3 is 0 Å². The summed E-state index contributed by atoms with van der Waals surface area (Å²) < 4.78 is 0. The molecule has 0 spiro atoms. The van der Waals surface area contributed by atoms with E-state index in [2.05, 4.69) is 20.6 Å². The first-order chi connectivity index (χ1) is 16.2. The third kappa shape index (κ3) is 5.66. The van der Waals surface area contributed by atoms with Crippen LogP contribution in [0.1, 0.15) is 95.5 Å². The van der Waals surface area contributed by atoms with Gasteiger partial charge in [0, 0.05) is 18.3 Å². The van der Waals surface area contributed by atoms with E-state index >= 15 is 0 Å². The Labute approximate surface area is 203 Å². The number of rotatable bonds is 7. The number of hydrogen-bond donors (Lipinski definition) is 2. The summed E-state index contributed by atoms with van der Waals surface area (Å²) in [6.45, 7) is 6.04. The number of hydrogen-bond acceptors (Lipinski definition) is 5. The van der Waals surface area contributed by atoms with E-state index in [-0.39, 0.29) is 29.2 Å². The molecule has 0 saturated heterocycles. The predicted molar refractivity (Wildman–Crippen MR) is 130 cm³/mol. The number of carbonyl (C=O) groups excluding carboxylic acids is 3. The lowest BCUT2D eigenvalue weighted by atomic mass is 9.78. The highest BCUT2D eigenvalue weighted by atomic mass is 16.2. The fraction of sp³-hybridized carbons (Fsp3) is 0.741. The number of Topliss-reactive ketones (excluding diaryl/α,β-unsaturated/α-hetero) is 1. The third-order valence-electron chi connectivity index (χ3n) is 8.32. The number of fused-ring (bicyclic) bond motifs is 1. The highest BCUT2D eigenvalue weighted by Gasteiger charge is 2.45. The fourth-order valence-corrected chi connectivity index (χ4v) is 6.47. The number of carbonyl (C=O) groups is 3. The largest absolute Gasteiger partial charge is 0.344 e. The van der Waals surface area contributed by atoms with Crippen LogP contribution in [0.25, 0.3) is 0 Å². The van der Waals surface area contributed by atoms with Crippen LogP contribution in [-0.4, -0.2) is 39.6 Å². The topological polar surface area (TPSA) is 101 Å². The first-order valence-electron chi connectivity index (χ1n) is 13.1. The lowest BCUT2D eigenvalue weighted by molar-refractivity contribution is -0.134. The van der Waals surface area contributed by atoms with Gasteiger partial charge in [0.1, 0.15) is 11.7 Å². The Balaban J connectivity index is 1.50. The zero-order valence-electron chi connectivity index (χ0n) is 20.9. The molecule has 3 fully saturated rings. The van der Waals surface area contributed by atoms with Crippen molar-refractivity contribution in [1.82, 2.24) is 20.6 Å². The smallest absolute Gasteiger partial charge is 0.272 e. The standard InChI is InChI=1S/C27H40N4O3/c1-27(2,3)24(23(32)20-14-18-10-7-11-19(18)15-20)31-26(34)22(17-8-5-4-6-9-17)30-25(33)21-16-28-12-13-29-21/h12-13,16-20,22,24H,4-11,14-15H2,1-3H3,(H,30,33)(H,31,34)/t18-,19+,20?,22-,24+/m0/s1. The second-order valence-corrected chi connectivity index (χ2v) is 11.8. The number of aromatic nitrogens is 2. The summed E-state index contributed by atoms with van der Waals surface area (Å²) in [5, 5.41) is 6.05. The minimum absolute atomic E-state index is 0.0298. The second kappa shape index (κ2) is 10.5. The molecule has 4 rings (SSSR count). The van der Waals surface area contributed by atoms with Crippen LogP contribution in [0.2, 0.25) is 0 Å². The average molecular weight is 469 g/mol. The van der Waals surface area contributed by atoms with Gasteiger partial charge in [-0.05, 0) is 48.9 Å². The number of nitrogens with one attached hydrogen (secondary N) is 2. The molecule has 7 nitrogen and oxygen atoms in total. The molecule has 0 aliphatic heterocycles. The highest BCUT2D eigenvalue weighted by molar-refractivity contribution is 5.97. The molecule has 3 aliphatic rings. The van der Waals surface area contributed by atoms with Crippen LogP contribution in [0.4, 0.5) is 0 Å². The summed E-state index contributed by atoms with van der Waals surface area (Å²) in [6, 6.07) is -1.25. The quantitative estimate of drug-likeness (QED) is 0.628. The van der Waals surface area contributed by atoms with Gasteiger partial charge in [-0.3, -0.25) is 19.4 Å². The molecule has 186 valence electrons. The molecule has 1 aromatic heterocycles. The van der Waals surface area contributed by atoms with Gasteiger partial charge in [0.05, 0.1) is 12.2 Å². The number of nitrogens with zero attached hydrogens (tertiary/aromatic N) is 2. The van der Waals surface area contributed by atoms with E-state index < -0.39 is 23.4 Å². The maximum atomic E-state index is 13.7. The van der Waals surface area contributed by atoms with Crippen molar-refractivity contribution in [2.24, 2.45) is 29.1 Å². The molecule has 34 heavy (non-hydrogen) atoms. The Hall–Kier alpha value is -2.31. The molecule has 2 amide bonds. The summed E-state index contributed by atoms with van der Waals surface area (Å²) in [4.78, 5) is 48.3. The van der Waals surface area contributed by atoms with Crippen molar-refractivity contribution in [3.8, 4) is 0 Å². The Bertz CT molecular complexity index is 864. The van der Waals surface area contributed by atoms with Crippen LogP contribution in [0.3, 0.4) is 0 Å². The molecule has 1 unspecified atom stereocenters. The van der Waals surface area contributed by atoms with Gasteiger partial charge in [-0.25, -0.2) is 4.98 Å². The normalized spacial score (nSPS) is 27.0. The maximum absolute atomic E-state index is 13.7. The van der Waals surface area contributed by atoms with Crippen LogP contribution in [0.5, 0.6) is 0 Å². The predicted octanol–water partition coefficient (Wildman–Crippen LogP) is 4.08. The Morgan fingerprint density at radius 1 is 0.912 bits per heavy atom. The highest BCUT2D eigenvalue weighted by Crippen LogP contribution is 2.47. The molecule has 3 aliphatic carbocycles. The van der Waals surface area contributed by atoms with Crippen molar-refractivity contribution in [1.29, 1.82) is 0 Å². The lowest BCUT2D eigenvalue weighted by Crippen LogP contribution is -2.58. The van der Waals surface area contributed by atoms with E-state index in [0.29, 0.717) is 11.8 Å². The molecule has 5 atom stereocenters. The van der Waals surface area contributed by atoms with Gasteiger partial charge in [-0.2, -0.15) is 0 Å². The molecular formula is C27H40N4O3. The minimum atomic E-state index is -0.685. The van der Waals surface area contributed by atoms with Gasteiger partial charge in [-0.15, -0.1) is 0 Å². The third-order valence-corrected chi connectivity index (χ3v) is 8.32. The molecule has 1 heterocycles. The first kappa shape index (κ1) is 24.8. The van der Waals surface area contributed by atoms with Crippen molar-refractivity contribution < 1.29 is 14.4 Å². The lowest BCUT2D eigenvalue weighted by Gasteiger charge is -2.36. The van der Waals surface area contributed by atoms with E-state index in [1.807, 2.05) is 20.8 Å². The Morgan fingerprint density at radius 3 is 2.18 bits per heavy atom. The van der Waals surface area contributed by atoms with Gasteiger partial charge in [-0.1, -0.05) is 59.3 Å². The zero-order chi connectivity index (χ0) is 24.3. The van der Waals surface area contributed by atoms with Crippen LogP contribution in [0, 0.1) is 29.1 Å². The SMILES string of the molecule is CC(C)(C)[C@H](NC(=O)[C@@H](NC(=O)c1cnccn1)C1CCCCC1)C(=O)C1C[C@H]2CCC[C@H]2C1. The van der Waals surface area contributed by atoms with Crippen molar-refractivity contribution >= 4 is 17.6 Å². The van der Waals surface area contributed by atoms with Crippen molar-refractivity contribution in [3.05, 3.63) is 24.3 Å². The molecule has 2 N–H and O–H groups in total. The summed E-state index contributed by atoms with van der Waals surface area (Å²) in [7, 11) is 0. The van der Waals surface area contributed by atoms with Gasteiger partial charge in [0.15, 0.2) is 5.78 Å². The summed E-state index contributed by atoms with van der Waals surface area (Å²) in [5.74, 6) is 0.936. The molecule has 0 bridgehead atoms. The number of ketones is 1. The summed E-state index contributed by atoms with van der Waals surface area (Å²) >= 11 is 0. The van der Waals surface area contributed by atoms with Crippen molar-refractivity contribution in [2.75, 3.05) is 0 Å². The molecule has 0 aromatic carbocycles. The van der Waals surface area contributed by atoms with Crippen molar-refractivity contribution in [2.45, 2.75) is 97.1 Å². The Morgan fingerprint density at radius 2 is 1.59 bits per heavy atom. The summed E-state index contributed by atoms with van der Waals surface area (Å²) in [6.07, 6.45) is 15.1. The van der Waals surface area contributed by atoms with Crippen LogP contribution < -0.4 is 10.6 Å². The molecule has 1 aromatic rings. The molecule has 0 radical (unpaired) electrons. The minimum Gasteiger partial charge on any atom is -0.344 e. The first-order valence-corrected chi connectivity index (χ1v) is 13.1. The molecular weight excluding hydrogens is 428 g/mol.